The Kier molecular flexibility index (Phi) is 19.4. The molecule has 0 saturated carbocycles. The van der Waals surface area contributed by atoms with Crippen LogP contribution in [0, 0.1) is 0 Å². The van der Waals surface area contributed by atoms with Crippen molar-refractivity contribution >= 4 is 0 Å². The van der Waals surface area contributed by atoms with E-state index in [0.29, 0.717) is 13.2 Å². The van der Waals surface area contributed by atoms with Gasteiger partial charge in [-0.1, -0.05) is 90.4 Å². The molecule has 8 heteroatoms. The molecule has 0 aromatic heterocycles. The molecular formula is C26H53NO7. The summed E-state index contributed by atoms with van der Waals surface area (Å²) < 4.78 is 22.2. The molecule has 8 nitrogen and oxygen atoms in total. The number of hydrogen-bond acceptors (Lipinski definition) is 8. The predicted octanol–water partition coefficient (Wildman–Crippen LogP) is 3.28. The van der Waals surface area contributed by atoms with Gasteiger partial charge in [-0.15, -0.1) is 0 Å². The fraction of sp³-hybridized carbons (Fsp3) is 1.00. The first kappa shape index (κ1) is 31.7. The number of rotatable bonds is 22. The lowest BCUT2D eigenvalue weighted by molar-refractivity contribution is -0.271. The number of aliphatic hydroxyl groups is 3. The second-order valence-electron chi connectivity index (χ2n) is 9.65. The highest BCUT2D eigenvalue weighted by Gasteiger charge is 2.43. The first-order chi connectivity index (χ1) is 16.5. The van der Waals surface area contributed by atoms with Crippen molar-refractivity contribution in [2.24, 2.45) is 5.73 Å². The number of hydrogen-bond donors (Lipinski definition) is 4. The van der Waals surface area contributed by atoms with Crippen LogP contribution >= 0.6 is 0 Å². The third-order valence-electron chi connectivity index (χ3n) is 6.65. The molecule has 0 spiro atoms. The summed E-state index contributed by atoms with van der Waals surface area (Å²) in [4.78, 5) is 0. The van der Waals surface area contributed by atoms with Crippen molar-refractivity contribution in [3.8, 4) is 0 Å². The number of methoxy groups -OCH3 is 1. The molecule has 0 amide bonds. The summed E-state index contributed by atoms with van der Waals surface area (Å²) in [6.45, 7) is 3.10. The zero-order valence-electron chi connectivity index (χ0n) is 21.7. The van der Waals surface area contributed by atoms with Gasteiger partial charge in [-0.25, -0.2) is 0 Å². The fourth-order valence-corrected chi connectivity index (χ4v) is 4.25. The van der Waals surface area contributed by atoms with Gasteiger partial charge in [0, 0.05) is 13.7 Å². The van der Waals surface area contributed by atoms with Gasteiger partial charge in [-0.05, 0) is 6.42 Å². The van der Waals surface area contributed by atoms with Gasteiger partial charge in [-0.2, -0.15) is 0 Å². The van der Waals surface area contributed by atoms with Crippen molar-refractivity contribution < 1.29 is 34.3 Å². The summed E-state index contributed by atoms with van der Waals surface area (Å²) in [5.74, 6) is 0. The van der Waals surface area contributed by atoms with E-state index in [0.717, 1.165) is 6.42 Å². The van der Waals surface area contributed by atoms with Crippen LogP contribution in [-0.4, -0.2) is 85.6 Å². The van der Waals surface area contributed by atoms with Gasteiger partial charge in [0.1, 0.15) is 24.4 Å². The highest BCUT2D eigenvalue weighted by Crippen LogP contribution is 2.21. The third kappa shape index (κ3) is 13.7. The predicted molar refractivity (Wildman–Crippen MR) is 134 cm³/mol. The van der Waals surface area contributed by atoms with Crippen LogP contribution in [-0.2, 0) is 18.9 Å². The summed E-state index contributed by atoms with van der Waals surface area (Å²) in [6.07, 6.45) is 14.0. The molecule has 1 saturated heterocycles. The van der Waals surface area contributed by atoms with Crippen LogP contribution in [0.15, 0.2) is 0 Å². The first-order valence-electron chi connectivity index (χ1n) is 13.6. The first-order valence-corrected chi connectivity index (χ1v) is 13.6. The molecule has 1 heterocycles. The fourth-order valence-electron chi connectivity index (χ4n) is 4.25. The van der Waals surface area contributed by atoms with Gasteiger partial charge in [0.2, 0.25) is 0 Å². The maximum atomic E-state index is 10.00. The largest absolute Gasteiger partial charge is 0.394 e. The number of unbranched alkanes of at least 4 members (excludes halogenated alkanes) is 13. The van der Waals surface area contributed by atoms with Crippen molar-refractivity contribution in [2.75, 3.05) is 33.5 Å². The minimum Gasteiger partial charge on any atom is -0.394 e. The molecule has 1 aliphatic rings. The quantitative estimate of drug-likeness (QED) is 0.170. The number of nitrogens with two attached hydrogens (primary N) is 1. The van der Waals surface area contributed by atoms with E-state index in [1.54, 1.807) is 7.11 Å². The number of ether oxygens (including phenoxy) is 4. The Morgan fingerprint density at radius 3 is 1.82 bits per heavy atom. The van der Waals surface area contributed by atoms with Crippen molar-refractivity contribution in [2.45, 2.75) is 134 Å². The summed E-state index contributed by atoms with van der Waals surface area (Å²) in [7, 11) is 1.58. The molecular weight excluding hydrogens is 438 g/mol. The highest BCUT2D eigenvalue weighted by atomic mass is 16.7. The van der Waals surface area contributed by atoms with Gasteiger partial charge >= 0.3 is 0 Å². The molecule has 5 N–H and O–H groups in total. The van der Waals surface area contributed by atoms with Crippen LogP contribution in [0.2, 0.25) is 0 Å². The van der Waals surface area contributed by atoms with Crippen LogP contribution < -0.4 is 5.73 Å². The molecule has 0 radical (unpaired) electrons. The summed E-state index contributed by atoms with van der Waals surface area (Å²) in [6, 6.07) is -0.910. The smallest absolute Gasteiger partial charge is 0.175 e. The van der Waals surface area contributed by atoms with E-state index in [1.165, 1.54) is 83.5 Å². The van der Waals surface area contributed by atoms with E-state index in [1.807, 2.05) is 0 Å². The Hall–Kier alpha value is -0.320. The normalized spacial score (nSPS) is 26.1. The van der Waals surface area contributed by atoms with Crippen molar-refractivity contribution in [3.05, 3.63) is 0 Å². The molecule has 1 rings (SSSR count). The van der Waals surface area contributed by atoms with E-state index in [-0.39, 0.29) is 12.7 Å². The molecule has 0 aliphatic carbocycles. The lowest BCUT2D eigenvalue weighted by atomic mass is 9.98. The lowest BCUT2D eigenvalue weighted by Crippen LogP contribution is -2.62. The van der Waals surface area contributed by atoms with Crippen molar-refractivity contribution in [1.82, 2.24) is 0 Å². The highest BCUT2D eigenvalue weighted by molar-refractivity contribution is 4.91. The minimum absolute atomic E-state index is 0.175. The summed E-state index contributed by atoms with van der Waals surface area (Å²) in [5.41, 5.74) is 5.88. The maximum Gasteiger partial charge on any atom is 0.175 e. The molecule has 0 aromatic rings. The monoisotopic (exact) mass is 491 g/mol. The van der Waals surface area contributed by atoms with Gasteiger partial charge in [-0.3, -0.25) is 0 Å². The van der Waals surface area contributed by atoms with E-state index in [9.17, 15) is 15.3 Å². The van der Waals surface area contributed by atoms with E-state index < -0.39 is 37.3 Å². The van der Waals surface area contributed by atoms with Crippen molar-refractivity contribution in [3.63, 3.8) is 0 Å². The van der Waals surface area contributed by atoms with E-state index in [2.05, 4.69) is 6.92 Å². The van der Waals surface area contributed by atoms with Crippen LogP contribution in [0.5, 0.6) is 0 Å². The second kappa shape index (κ2) is 20.8. The average molecular weight is 492 g/mol. The summed E-state index contributed by atoms with van der Waals surface area (Å²) in [5, 5.41) is 29.1. The third-order valence-corrected chi connectivity index (χ3v) is 6.65. The molecule has 0 bridgehead atoms. The standard InChI is InChI=1S/C26H53NO7/c1-3-4-5-6-7-8-9-10-11-12-13-14-15-16-17-32-19-21(31-2)20-33-26-23(27)25(30)24(29)22(18-28)34-26/h21-26,28-30H,3-20,27H2,1-2H3/t21?,22?,23-,24+,25?,26-/m0/s1. The van der Waals surface area contributed by atoms with Crippen LogP contribution in [0.25, 0.3) is 0 Å². The van der Waals surface area contributed by atoms with Gasteiger partial charge in [0.05, 0.1) is 25.9 Å². The molecule has 3 unspecified atom stereocenters. The minimum atomic E-state index is -1.24. The molecule has 34 heavy (non-hydrogen) atoms. The Bertz CT molecular complexity index is 455. The van der Waals surface area contributed by atoms with Gasteiger partial charge < -0.3 is 40.0 Å². The van der Waals surface area contributed by atoms with Crippen LogP contribution in [0.1, 0.15) is 96.8 Å². The van der Waals surface area contributed by atoms with Crippen LogP contribution in [0.3, 0.4) is 0 Å². The second-order valence-corrected chi connectivity index (χ2v) is 9.65. The molecule has 1 fully saturated rings. The Morgan fingerprint density at radius 1 is 0.794 bits per heavy atom. The zero-order chi connectivity index (χ0) is 25.0. The molecule has 1 aliphatic heterocycles. The van der Waals surface area contributed by atoms with Gasteiger partial charge in [0.25, 0.3) is 0 Å². The Morgan fingerprint density at radius 2 is 1.32 bits per heavy atom. The molecule has 6 atom stereocenters. The lowest BCUT2D eigenvalue weighted by Gasteiger charge is -2.40. The molecule has 204 valence electrons. The van der Waals surface area contributed by atoms with E-state index >= 15 is 0 Å². The van der Waals surface area contributed by atoms with Gasteiger partial charge in [0.15, 0.2) is 6.29 Å². The Labute approximate surface area is 207 Å². The van der Waals surface area contributed by atoms with E-state index in [4.69, 9.17) is 24.7 Å². The van der Waals surface area contributed by atoms with Crippen molar-refractivity contribution in [1.29, 1.82) is 0 Å². The zero-order valence-corrected chi connectivity index (χ0v) is 21.7. The Balaban J connectivity index is 1.97. The van der Waals surface area contributed by atoms with Crippen LogP contribution in [0.4, 0.5) is 0 Å². The molecule has 0 aromatic carbocycles. The SMILES string of the molecule is CCCCCCCCCCCCCCCCOCC(CO[C@H]1OC(CO)[C@@H](O)C(O)[C@@H]1N)OC. The maximum absolute atomic E-state index is 10.00. The average Bonchev–Trinajstić information content (AvgIpc) is 2.85. The topological polar surface area (TPSA) is 124 Å². The summed E-state index contributed by atoms with van der Waals surface area (Å²) >= 11 is 0. The number of aliphatic hydroxyl groups excluding tert-OH is 3.